The molecule has 0 aromatic heterocycles. The Morgan fingerprint density at radius 1 is 0.741 bits per heavy atom. The summed E-state index contributed by atoms with van der Waals surface area (Å²) < 4.78 is 0. The Hall–Kier alpha value is -2.91. The number of amides is 1. The summed E-state index contributed by atoms with van der Waals surface area (Å²) in [4.78, 5) is 11.3. The van der Waals surface area contributed by atoms with Crippen LogP contribution in [-0.4, -0.2) is 19.0 Å². The summed E-state index contributed by atoms with van der Waals surface area (Å²) >= 11 is 0. The molecule has 0 bridgehead atoms. The molecule has 27 heavy (non-hydrogen) atoms. The van der Waals surface area contributed by atoms with E-state index >= 15 is 0 Å². The minimum atomic E-state index is -0.491. The number of rotatable bonds is 7. The lowest BCUT2D eigenvalue weighted by molar-refractivity contribution is -0.118. The van der Waals surface area contributed by atoms with E-state index in [4.69, 9.17) is 0 Å². The molecular formula is C24H26N2O. The molecule has 0 aliphatic heterocycles. The average Bonchev–Trinajstić information content (AvgIpc) is 2.70. The molecule has 1 amide bonds. The molecule has 0 aliphatic carbocycles. The van der Waals surface area contributed by atoms with E-state index in [1.54, 1.807) is 6.92 Å². The molecule has 0 fully saturated rings. The molecule has 3 nitrogen and oxygen atoms in total. The molecule has 0 aliphatic rings. The first kappa shape index (κ1) is 18.9. The third-order valence-corrected chi connectivity index (χ3v) is 4.79. The third-order valence-electron chi connectivity index (χ3n) is 4.79. The van der Waals surface area contributed by atoms with E-state index in [-0.39, 0.29) is 5.91 Å². The van der Waals surface area contributed by atoms with Gasteiger partial charge >= 0.3 is 0 Å². The van der Waals surface area contributed by atoms with E-state index in [1.165, 1.54) is 22.3 Å². The maximum absolute atomic E-state index is 11.3. The molecular weight excluding hydrogens is 332 g/mol. The normalized spacial score (nSPS) is 11.2. The number of hydrogen-bond acceptors (Lipinski definition) is 2. The van der Waals surface area contributed by atoms with E-state index in [0.717, 1.165) is 0 Å². The van der Waals surface area contributed by atoms with Crippen LogP contribution in [-0.2, 0) is 10.3 Å². The number of benzene rings is 3. The highest BCUT2D eigenvalue weighted by Crippen LogP contribution is 2.36. The number of carbonyl (C=O) groups excluding carboxylic acids is 1. The van der Waals surface area contributed by atoms with Crippen molar-refractivity contribution in [3.05, 3.63) is 107 Å². The number of aryl methyl sites for hydroxylation is 1. The summed E-state index contributed by atoms with van der Waals surface area (Å²) in [5, 5.41) is 6.62. The second-order valence-corrected chi connectivity index (χ2v) is 6.76. The number of hydrogen-bond donors (Lipinski definition) is 2. The van der Waals surface area contributed by atoms with E-state index in [9.17, 15) is 4.79 Å². The van der Waals surface area contributed by atoms with Gasteiger partial charge in [0.1, 0.15) is 0 Å². The van der Waals surface area contributed by atoms with Crippen LogP contribution in [0.25, 0.3) is 0 Å². The van der Waals surface area contributed by atoms with Crippen LogP contribution < -0.4 is 10.6 Å². The lowest BCUT2D eigenvalue weighted by Crippen LogP contribution is -2.47. The third kappa shape index (κ3) is 4.26. The van der Waals surface area contributed by atoms with Crippen molar-refractivity contribution in [3.63, 3.8) is 0 Å². The smallest absolute Gasteiger partial charge is 0.216 e. The Balaban J connectivity index is 2.12. The summed E-state index contributed by atoms with van der Waals surface area (Å²) in [6.45, 7) is 4.86. The van der Waals surface area contributed by atoms with Crippen molar-refractivity contribution in [1.82, 2.24) is 10.6 Å². The highest BCUT2D eigenvalue weighted by molar-refractivity contribution is 5.72. The molecule has 0 unspecified atom stereocenters. The Bertz CT molecular complexity index is 818. The van der Waals surface area contributed by atoms with E-state index in [2.05, 4.69) is 90.4 Å². The lowest BCUT2D eigenvalue weighted by atomic mass is 9.77. The van der Waals surface area contributed by atoms with Crippen LogP contribution in [0.5, 0.6) is 0 Å². The molecule has 3 rings (SSSR count). The van der Waals surface area contributed by atoms with Crippen molar-refractivity contribution in [2.75, 3.05) is 13.1 Å². The predicted molar refractivity (Wildman–Crippen MR) is 111 cm³/mol. The van der Waals surface area contributed by atoms with E-state index in [0.29, 0.717) is 13.1 Å². The van der Waals surface area contributed by atoms with Gasteiger partial charge in [0.05, 0.1) is 5.54 Å². The Kier molecular flexibility index (Phi) is 6.05. The zero-order valence-corrected chi connectivity index (χ0v) is 15.9. The SMILES string of the molecule is CC(=O)NCCNC(c1ccccc1)(c1ccccc1)c1ccc(C)cc1. The molecule has 0 saturated heterocycles. The summed E-state index contributed by atoms with van der Waals surface area (Å²) in [5.74, 6) is -0.0165. The number of carbonyl (C=O) groups is 1. The van der Waals surface area contributed by atoms with Gasteiger partial charge in [-0.15, -0.1) is 0 Å². The summed E-state index contributed by atoms with van der Waals surface area (Å²) in [7, 11) is 0. The summed E-state index contributed by atoms with van der Waals surface area (Å²) in [6, 6.07) is 29.6. The highest BCUT2D eigenvalue weighted by Gasteiger charge is 2.35. The van der Waals surface area contributed by atoms with Crippen molar-refractivity contribution in [1.29, 1.82) is 0 Å². The minimum absolute atomic E-state index is 0.0165. The molecule has 138 valence electrons. The first-order valence-electron chi connectivity index (χ1n) is 9.30. The van der Waals surface area contributed by atoms with Gasteiger partial charge in [0, 0.05) is 20.0 Å². The number of nitrogens with one attached hydrogen (secondary N) is 2. The van der Waals surface area contributed by atoms with Crippen molar-refractivity contribution in [3.8, 4) is 0 Å². The van der Waals surface area contributed by atoms with E-state index < -0.39 is 5.54 Å². The Morgan fingerprint density at radius 3 is 1.70 bits per heavy atom. The molecule has 0 atom stereocenters. The maximum Gasteiger partial charge on any atom is 0.216 e. The van der Waals surface area contributed by atoms with Gasteiger partial charge < -0.3 is 5.32 Å². The first-order valence-corrected chi connectivity index (χ1v) is 9.30. The zero-order chi connectivity index (χ0) is 19.1. The Labute approximate surface area is 161 Å². The van der Waals surface area contributed by atoms with Crippen LogP contribution in [0, 0.1) is 6.92 Å². The fourth-order valence-electron chi connectivity index (χ4n) is 3.47. The Morgan fingerprint density at radius 2 is 1.22 bits per heavy atom. The van der Waals surface area contributed by atoms with Gasteiger partial charge in [-0.1, -0.05) is 90.5 Å². The predicted octanol–water partition coefficient (Wildman–Crippen LogP) is 4.01. The fraction of sp³-hybridized carbons (Fsp3) is 0.208. The topological polar surface area (TPSA) is 41.1 Å². The van der Waals surface area contributed by atoms with Gasteiger partial charge in [-0.2, -0.15) is 0 Å². The van der Waals surface area contributed by atoms with Crippen LogP contribution in [0.15, 0.2) is 84.9 Å². The molecule has 0 radical (unpaired) electrons. The zero-order valence-electron chi connectivity index (χ0n) is 15.9. The fourth-order valence-corrected chi connectivity index (χ4v) is 3.47. The van der Waals surface area contributed by atoms with Crippen molar-refractivity contribution < 1.29 is 4.79 Å². The van der Waals surface area contributed by atoms with Gasteiger partial charge in [0.15, 0.2) is 0 Å². The summed E-state index contributed by atoms with van der Waals surface area (Å²) in [5.41, 5.74) is 4.25. The molecule has 0 spiro atoms. The van der Waals surface area contributed by atoms with Crippen LogP contribution >= 0.6 is 0 Å². The molecule has 0 saturated carbocycles. The molecule has 2 N–H and O–H groups in total. The van der Waals surface area contributed by atoms with Crippen molar-refractivity contribution >= 4 is 5.91 Å². The maximum atomic E-state index is 11.3. The molecule has 3 heteroatoms. The van der Waals surface area contributed by atoms with Crippen LogP contribution in [0.1, 0.15) is 29.2 Å². The minimum Gasteiger partial charge on any atom is -0.355 e. The lowest BCUT2D eigenvalue weighted by Gasteiger charge is -2.37. The van der Waals surface area contributed by atoms with Gasteiger partial charge in [-0.05, 0) is 23.6 Å². The van der Waals surface area contributed by atoms with Crippen molar-refractivity contribution in [2.24, 2.45) is 0 Å². The van der Waals surface area contributed by atoms with Crippen molar-refractivity contribution in [2.45, 2.75) is 19.4 Å². The van der Waals surface area contributed by atoms with Gasteiger partial charge in [-0.3, -0.25) is 10.1 Å². The second-order valence-electron chi connectivity index (χ2n) is 6.76. The van der Waals surface area contributed by atoms with Crippen LogP contribution in [0.2, 0.25) is 0 Å². The molecule has 0 heterocycles. The van der Waals surface area contributed by atoms with E-state index in [1.807, 2.05) is 12.1 Å². The van der Waals surface area contributed by atoms with Gasteiger partial charge in [0.2, 0.25) is 5.91 Å². The molecule has 3 aromatic carbocycles. The quantitative estimate of drug-likeness (QED) is 0.495. The first-order chi connectivity index (χ1) is 13.1. The standard InChI is InChI=1S/C24H26N2O/c1-19-13-15-23(16-14-19)24(21-9-5-3-6-10-21,22-11-7-4-8-12-22)26-18-17-25-20(2)27/h3-16,26H,17-18H2,1-2H3,(H,25,27). The highest BCUT2D eigenvalue weighted by atomic mass is 16.1. The van der Waals surface area contributed by atoms with Crippen LogP contribution in [0.3, 0.4) is 0 Å². The average molecular weight is 358 g/mol. The largest absolute Gasteiger partial charge is 0.355 e. The molecule has 3 aromatic rings. The monoisotopic (exact) mass is 358 g/mol. The summed E-state index contributed by atoms with van der Waals surface area (Å²) in [6.07, 6.45) is 0. The van der Waals surface area contributed by atoms with Gasteiger partial charge in [-0.25, -0.2) is 0 Å². The van der Waals surface area contributed by atoms with Crippen LogP contribution in [0.4, 0.5) is 0 Å². The second kappa shape index (κ2) is 8.65. The van der Waals surface area contributed by atoms with Gasteiger partial charge in [0.25, 0.3) is 0 Å².